The van der Waals surface area contributed by atoms with E-state index in [0.29, 0.717) is 24.2 Å². The highest BCUT2D eigenvalue weighted by atomic mass is 32.1. The molecule has 0 aliphatic rings. The molecule has 5 heteroatoms. The first-order chi connectivity index (χ1) is 9.58. The third kappa shape index (κ3) is 5.54. The molecule has 0 amide bonds. The van der Waals surface area contributed by atoms with Crippen LogP contribution in [0.25, 0.3) is 0 Å². The first-order valence-corrected chi connectivity index (χ1v) is 7.10. The van der Waals surface area contributed by atoms with Gasteiger partial charge in [0.15, 0.2) is 0 Å². The largest absolute Gasteiger partial charge is 0.389 e. The highest BCUT2D eigenvalue weighted by molar-refractivity contribution is 7.80. The lowest BCUT2D eigenvalue weighted by Crippen LogP contribution is -2.38. The highest BCUT2D eigenvalue weighted by Crippen LogP contribution is 2.10. The zero-order valence-corrected chi connectivity index (χ0v) is 13.3. The summed E-state index contributed by atoms with van der Waals surface area (Å²) < 4.78 is 10.4. The third-order valence-electron chi connectivity index (χ3n) is 3.24. The molecule has 0 aromatic heterocycles. The van der Waals surface area contributed by atoms with Crippen molar-refractivity contribution in [3.05, 3.63) is 35.4 Å². The van der Waals surface area contributed by atoms with Crippen LogP contribution in [0, 0.1) is 0 Å². The topological polar surface area (TPSA) is 47.7 Å². The van der Waals surface area contributed by atoms with Gasteiger partial charge in [-0.25, -0.2) is 0 Å². The predicted molar refractivity (Wildman–Crippen MR) is 86.0 cm³/mol. The van der Waals surface area contributed by atoms with Crippen LogP contribution in [0.15, 0.2) is 24.3 Å². The van der Waals surface area contributed by atoms with Crippen molar-refractivity contribution < 1.29 is 9.47 Å². The van der Waals surface area contributed by atoms with Gasteiger partial charge in [-0.05, 0) is 12.5 Å². The van der Waals surface area contributed by atoms with Gasteiger partial charge in [-0.1, -0.05) is 36.5 Å². The van der Waals surface area contributed by atoms with Crippen LogP contribution in [0.2, 0.25) is 0 Å². The minimum absolute atomic E-state index is 0.338. The average molecular weight is 296 g/mol. The van der Waals surface area contributed by atoms with E-state index in [2.05, 4.69) is 24.0 Å². The summed E-state index contributed by atoms with van der Waals surface area (Å²) in [4.78, 5) is 2.77. The standard InChI is InChI=1S/C15H24N2O2S/c1-12(11-19-3)17(8-9-18-2)10-13-4-6-14(7-5-13)15(16)20/h4-7,12H,8-11H2,1-3H3,(H2,16,20). The molecule has 0 spiro atoms. The molecular weight excluding hydrogens is 272 g/mol. The molecule has 0 bridgehead atoms. The fourth-order valence-corrected chi connectivity index (χ4v) is 2.16. The van der Waals surface area contributed by atoms with Crippen molar-refractivity contribution in [3.8, 4) is 0 Å². The van der Waals surface area contributed by atoms with Crippen molar-refractivity contribution in [2.75, 3.05) is 34.0 Å². The zero-order valence-electron chi connectivity index (χ0n) is 12.5. The molecule has 112 valence electrons. The summed E-state index contributed by atoms with van der Waals surface area (Å²) in [6, 6.07) is 8.40. The number of thiocarbonyl (C=S) groups is 1. The van der Waals surface area contributed by atoms with Crippen LogP contribution in [-0.4, -0.2) is 49.9 Å². The molecule has 1 aromatic rings. The molecular formula is C15H24N2O2S. The van der Waals surface area contributed by atoms with E-state index in [1.807, 2.05) is 12.1 Å². The van der Waals surface area contributed by atoms with Crippen LogP contribution in [0.1, 0.15) is 18.1 Å². The van der Waals surface area contributed by atoms with E-state index >= 15 is 0 Å². The first-order valence-electron chi connectivity index (χ1n) is 6.69. The van der Waals surface area contributed by atoms with Gasteiger partial charge in [-0.2, -0.15) is 0 Å². The summed E-state index contributed by atoms with van der Waals surface area (Å²) in [5.74, 6) is 0. The summed E-state index contributed by atoms with van der Waals surface area (Å²) in [6.07, 6.45) is 0. The molecule has 2 N–H and O–H groups in total. The molecule has 0 fully saturated rings. The Morgan fingerprint density at radius 3 is 2.40 bits per heavy atom. The van der Waals surface area contributed by atoms with Crippen molar-refractivity contribution in [2.45, 2.75) is 19.5 Å². The van der Waals surface area contributed by atoms with E-state index in [-0.39, 0.29) is 0 Å². The lowest BCUT2D eigenvalue weighted by molar-refractivity contribution is 0.0705. The number of ether oxygens (including phenoxy) is 2. The van der Waals surface area contributed by atoms with Gasteiger partial charge in [-0.15, -0.1) is 0 Å². The molecule has 0 radical (unpaired) electrons. The lowest BCUT2D eigenvalue weighted by atomic mass is 10.1. The Hall–Kier alpha value is -1.01. The Bertz CT molecular complexity index is 409. The van der Waals surface area contributed by atoms with Crippen molar-refractivity contribution in [1.82, 2.24) is 4.90 Å². The maximum absolute atomic E-state index is 5.61. The van der Waals surface area contributed by atoms with Crippen molar-refractivity contribution >= 4 is 17.2 Å². The molecule has 0 saturated carbocycles. The van der Waals surface area contributed by atoms with Gasteiger partial charge in [0.1, 0.15) is 4.99 Å². The maximum atomic E-state index is 5.61. The number of hydrogen-bond donors (Lipinski definition) is 1. The second-order valence-corrected chi connectivity index (χ2v) is 5.27. The number of benzene rings is 1. The van der Waals surface area contributed by atoms with Crippen LogP contribution in [0.5, 0.6) is 0 Å². The monoisotopic (exact) mass is 296 g/mol. The van der Waals surface area contributed by atoms with E-state index < -0.39 is 0 Å². The molecule has 1 unspecified atom stereocenters. The lowest BCUT2D eigenvalue weighted by Gasteiger charge is -2.28. The Kier molecular flexibility index (Phi) is 7.69. The normalized spacial score (nSPS) is 12.6. The molecule has 4 nitrogen and oxygen atoms in total. The van der Waals surface area contributed by atoms with Crippen molar-refractivity contribution in [1.29, 1.82) is 0 Å². The van der Waals surface area contributed by atoms with Gasteiger partial charge >= 0.3 is 0 Å². The Labute approximate surface area is 126 Å². The van der Waals surface area contributed by atoms with Crippen molar-refractivity contribution in [2.24, 2.45) is 5.73 Å². The first kappa shape index (κ1) is 17.0. The van der Waals surface area contributed by atoms with Crippen molar-refractivity contribution in [3.63, 3.8) is 0 Å². The third-order valence-corrected chi connectivity index (χ3v) is 3.47. The minimum Gasteiger partial charge on any atom is -0.389 e. The van der Waals surface area contributed by atoms with E-state index in [1.165, 1.54) is 5.56 Å². The zero-order chi connectivity index (χ0) is 15.0. The van der Waals surface area contributed by atoms with Gasteiger partial charge < -0.3 is 15.2 Å². The Morgan fingerprint density at radius 1 is 1.25 bits per heavy atom. The van der Waals surface area contributed by atoms with E-state index in [1.54, 1.807) is 14.2 Å². The van der Waals surface area contributed by atoms with E-state index in [0.717, 1.165) is 18.7 Å². The molecule has 0 aliphatic heterocycles. The number of nitrogens with two attached hydrogens (primary N) is 1. The minimum atomic E-state index is 0.338. The molecule has 1 aromatic carbocycles. The summed E-state index contributed by atoms with van der Waals surface area (Å²) in [6.45, 7) is 5.29. The van der Waals surface area contributed by atoms with Crippen LogP contribution in [0.3, 0.4) is 0 Å². The van der Waals surface area contributed by atoms with Crippen LogP contribution in [-0.2, 0) is 16.0 Å². The number of rotatable bonds is 9. The van der Waals surface area contributed by atoms with Gasteiger partial charge in [-0.3, -0.25) is 4.90 Å². The molecule has 1 atom stereocenters. The average Bonchev–Trinajstić information content (AvgIpc) is 2.44. The quantitative estimate of drug-likeness (QED) is 0.704. The second kappa shape index (κ2) is 9.02. The fraction of sp³-hybridized carbons (Fsp3) is 0.533. The van der Waals surface area contributed by atoms with Gasteiger partial charge in [0.05, 0.1) is 13.2 Å². The Balaban J connectivity index is 2.69. The number of hydrogen-bond acceptors (Lipinski definition) is 4. The van der Waals surface area contributed by atoms with E-state index in [9.17, 15) is 0 Å². The molecule has 0 heterocycles. The molecule has 1 rings (SSSR count). The SMILES string of the molecule is COCCN(Cc1ccc(C(N)=S)cc1)C(C)COC. The number of nitrogens with zero attached hydrogens (tertiary/aromatic N) is 1. The molecule has 0 aliphatic carbocycles. The van der Waals surface area contributed by atoms with Crippen LogP contribution < -0.4 is 5.73 Å². The fourth-order valence-electron chi connectivity index (χ4n) is 2.02. The van der Waals surface area contributed by atoms with E-state index in [4.69, 9.17) is 27.4 Å². The maximum Gasteiger partial charge on any atom is 0.103 e. The molecule has 0 saturated heterocycles. The molecule has 20 heavy (non-hydrogen) atoms. The van der Waals surface area contributed by atoms with Gasteiger partial charge in [0.25, 0.3) is 0 Å². The smallest absolute Gasteiger partial charge is 0.103 e. The van der Waals surface area contributed by atoms with Crippen LogP contribution in [0.4, 0.5) is 0 Å². The van der Waals surface area contributed by atoms with Gasteiger partial charge in [0, 0.05) is 38.9 Å². The van der Waals surface area contributed by atoms with Crippen LogP contribution >= 0.6 is 12.2 Å². The highest BCUT2D eigenvalue weighted by Gasteiger charge is 2.14. The summed E-state index contributed by atoms with van der Waals surface area (Å²) >= 11 is 4.96. The Morgan fingerprint density at radius 2 is 1.90 bits per heavy atom. The second-order valence-electron chi connectivity index (χ2n) is 4.83. The van der Waals surface area contributed by atoms with Gasteiger partial charge in [0.2, 0.25) is 0 Å². The number of methoxy groups -OCH3 is 2. The predicted octanol–water partition coefficient (Wildman–Crippen LogP) is 1.80. The summed E-state index contributed by atoms with van der Waals surface area (Å²) in [5, 5.41) is 0. The summed E-state index contributed by atoms with van der Waals surface area (Å²) in [7, 11) is 3.44. The summed E-state index contributed by atoms with van der Waals surface area (Å²) in [5.41, 5.74) is 7.73.